The zero-order valence-corrected chi connectivity index (χ0v) is 40.6. The Kier molecular flexibility index (Phi) is 16.1. The summed E-state index contributed by atoms with van der Waals surface area (Å²) in [5, 5.41) is 23.4. The van der Waals surface area contributed by atoms with Crippen molar-refractivity contribution >= 4 is 120 Å². The first-order chi connectivity index (χ1) is 32.3. The number of anilines is 8. The Labute approximate surface area is 403 Å². The molecule has 0 unspecified atom stereocenters. The Hall–Kier alpha value is -6.59. The average molecular weight is 987 g/mol. The SMILES string of the molecule is COC(=O)c1sccc1Nc1nc(C(=O)Nc2ccccc2N2CCN(C(=O)OC(C)(C)C)CC2)cs1.COC(=O)c1sccc1Nc1nc(C(=O)Nc2ccccc2N2CCNCC2)cs1. The third-order valence-corrected chi connectivity index (χ3v) is 13.4. The van der Waals surface area contributed by atoms with Crippen molar-refractivity contribution in [2.24, 2.45) is 0 Å². The Morgan fingerprint density at radius 1 is 0.597 bits per heavy atom. The summed E-state index contributed by atoms with van der Waals surface area (Å²) in [5.41, 5.74) is 4.51. The molecule has 0 bridgehead atoms. The summed E-state index contributed by atoms with van der Waals surface area (Å²) >= 11 is 5.11. The summed E-state index contributed by atoms with van der Waals surface area (Å²) in [6, 6.07) is 18.9. The van der Waals surface area contributed by atoms with E-state index < -0.39 is 17.5 Å². The zero-order chi connectivity index (χ0) is 47.5. The molecule has 0 saturated carbocycles. The van der Waals surface area contributed by atoms with Crippen LogP contribution in [0.5, 0.6) is 0 Å². The number of carbonyl (C=O) groups is 5. The Bertz CT molecular complexity index is 2680. The second kappa shape index (κ2) is 22.3. The molecule has 2 saturated heterocycles. The lowest BCUT2D eigenvalue weighted by Crippen LogP contribution is -2.50. The minimum absolute atomic E-state index is 0.256. The summed E-state index contributed by atoms with van der Waals surface area (Å²) < 4.78 is 15.1. The molecule has 22 heteroatoms. The number of aromatic nitrogens is 2. The first-order valence-electron chi connectivity index (χ1n) is 21.1. The second-order valence-electron chi connectivity index (χ2n) is 15.8. The van der Waals surface area contributed by atoms with Crippen molar-refractivity contribution in [3.63, 3.8) is 0 Å². The third kappa shape index (κ3) is 12.7. The van der Waals surface area contributed by atoms with Crippen molar-refractivity contribution in [1.82, 2.24) is 20.2 Å². The molecule has 67 heavy (non-hydrogen) atoms. The molecule has 6 aromatic rings. The Morgan fingerprint density at radius 3 is 1.49 bits per heavy atom. The number of piperazine rings is 2. The van der Waals surface area contributed by atoms with Gasteiger partial charge in [-0.15, -0.1) is 45.3 Å². The molecule has 0 aliphatic carbocycles. The maximum atomic E-state index is 13.0. The van der Waals surface area contributed by atoms with Gasteiger partial charge >= 0.3 is 18.0 Å². The van der Waals surface area contributed by atoms with Gasteiger partial charge < -0.3 is 55.5 Å². The fourth-order valence-corrected chi connectivity index (χ4v) is 9.80. The van der Waals surface area contributed by atoms with Gasteiger partial charge in [-0.3, -0.25) is 9.59 Å². The number of rotatable bonds is 12. The van der Waals surface area contributed by atoms with Crippen LogP contribution in [0.1, 0.15) is 61.1 Å². The van der Waals surface area contributed by atoms with E-state index in [1.807, 2.05) is 69.3 Å². The van der Waals surface area contributed by atoms with E-state index >= 15 is 0 Å². The molecule has 2 aromatic carbocycles. The van der Waals surface area contributed by atoms with Crippen molar-refractivity contribution in [3.05, 3.63) is 103 Å². The number of thiazole rings is 2. The van der Waals surface area contributed by atoms with Crippen molar-refractivity contribution in [2.45, 2.75) is 26.4 Å². The summed E-state index contributed by atoms with van der Waals surface area (Å²) in [5.74, 6) is -1.47. The minimum Gasteiger partial charge on any atom is -0.465 e. The number of nitrogens with one attached hydrogen (secondary N) is 5. The van der Waals surface area contributed by atoms with Gasteiger partial charge in [-0.05, 0) is 67.9 Å². The van der Waals surface area contributed by atoms with Crippen molar-refractivity contribution in [3.8, 4) is 0 Å². The van der Waals surface area contributed by atoms with Crippen LogP contribution in [-0.4, -0.2) is 117 Å². The highest BCUT2D eigenvalue weighted by molar-refractivity contribution is 7.15. The summed E-state index contributed by atoms with van der Waals surface area (Å²) in [7, 11) is 2.67. The number of methoxy groups -OCH3 is 2. The lowest BCUT2D eigenvalue weighted by Gasteiger charge is -2.37. The van der Waals surface area contributed by atoms with Gasteiger partial charge in [0.25, 0.3) is 11.8 Å². The molecule has 2 aliphatic rings. The summed E-state index contributed by atoms with van der Waals surface area (Å²) in [4.78, 5) is 77.7. The highest BCUT2D eigenvalue weighted by Gasteiger charge is 2.27. The highest BCUT2D eigenvalue weighted by Crippen LogP contribution is 2.32. The van der Waals surface area contributed by atoms with Crippen LogP contribution in [0.15, 0.2) is 82.2 Å². The molecule has 18 nitrogen and oxygen atoms in total. The largest absolute Gasteiger partial charge is 0.465 e. The monoisotopic (exact) mass is 986 g/mol. The van der Waals surface area contributed by atoms with Gasteiger partial charge in [0.1, 0.15) is 26.7 Å². The smallest absolute Gasteiger partial charge is 0.410 e. The van der Waals surface area contributed by atoms with Crippen molar-refractivity contribution < 1.29 is 38.2 Å². The summed E-state index contributed by atoms with van der Waals surface area (Å²) in [6.07, 6.45) is -0.317. The molecule has 0 radical (unpaired) electrons. The van der Waals surface area contributed by atoms with E-state index in [4.69, 9.17) is 14.2 Å². The second-order valence-corrected chi connectivity index (χ2v) is 19.3. The normalized spacial score (nSPS) is 13.7. The van der Waals surface area contributed by atoms with E-state index in [2.05, 4.69) is 46.4 Å². The van der Waals surface area contributed by atoms with E-state index in [0.717, 1.165) is 43.2 Å². The predicted molar refractivity (Wildman–Crippen MR) is 266 cm³/mol. The molecule has 3 amide bonds. The van der Waals surface area contributed by atoms with Crippen LogP contribution in [0, 0.1) is 0 Å². The first kappa shape index (κ1) is 48.3. The molecule has 6 heterocycles. The first-order valence-corrected chi connectivity index (χ1v) is 24.6. The number of thiophene rings is 2. The van der Waals surface area contributed by atoms with Crippen LogP contribution < -0.4 is 36.4 Å². The molecule has 8 rings (SSSR count). The maximum absolute atomic E-state index is 13.0. The van der Waals surface area contributed by atoms with Gasteiger partial charge in [-0.1, -0.05) is 24.3 Å². The van der Waals surface area contributed by atoms with Crippen LogP contribution >= 0.6 is 45.3 Å². The molecule has 2 fully saturated rings. The lowest BCUT2D eigenvalue weighted by atomic mass is 10.2. The van der Waals surface area contributed by atoms with Crippen LogP contribution in [0.4, 0.5) is 49.2 Å². The van der Waals surface area contributed by atoms with E-state index in [1.165, 1.54) is 59.6 Å². The fraction of sp³-hybridized carbons (Fsp3) is 0.311. The van der Waals surface area contributed by atoms with Gasteiger partial charge in [0.15, 0.2) is 10.3 Å². The van der Waals surface area contributed by atoms with E-state index in [-0.39, 0.29) is 23.6 Å². The number of esters is 2. The van der Waals surface area contributed by atoms with Crippen LogP contribution in [0.2, 0.25) is 0 Å². The van der Waals surface area contributed by atoms with Crippen molar-refractivity contribution in [1.29, 1.82) is 0 Å². The number of nitrogens with zero attached hydrogens (tertiary/aromatic N) is 5. The van der Waals surface area contributed by atoms with E-state index in [9.17, 15) is 24.0 Å². The molecule has 352 valence electrons. The number of benzene rings is 2. The van der Waals surface area contributed by atoms with Gasteiger partial charge in [0.05, 0.1) is 48.3 Å². The van der Waals surface area contributed by atoms with Crippen LogP contribution in [0.3, 0.4) is 0 Å². The quantitative estimate of drug-likeness (QED) is 0.0576. The standard InChI is InChI=1S/C25H29N5O5S2.C20H21N5O3S2/c1-25(2,3)35-24(33)30-12-10-29(11-13-30)19-8-6-5-7-16(19)26-21(31)18-15-37-23(28-18)27-17-9-14-36-20(17)22(32)34-4;1-28-19(27)17-14(6-11-29-17)23-20-24-15(12-30-20)18(26)22-13-4-2-3-5-16(13)25-9-7-21-8-10-25/h5-9,14-15H,10-13H2,1-4H3,(H,26,31)(H,27,28);2-6,11-12,21H,7-10H2,1H3,(H,22,26)(H,23,24). The van der Waals surface area contributed by atoms with Gasteiger partial charge in [0.2, 0.25) is 0 Å². The molecular formula is C45H50N10O8S4. The van der Waals surface area contributed by atoms with E-state index in [0.29, 0.717) is 69.0 Å². The number of para-hydroxylation sites is 4. The van der Waals surface area contributed by atoms with Crippen LogP contribution in [-0.2, 0) is 14.2 Å². The predicted octanol–water partition coefficient (Wildman–Crippen LogP) is 8.44. The maximum Gasteiger partial charge on any atom is 0.410 e. The number of hydrogen-bond donors (Lipinski definition) is 5. The Balaban J connectivity index is 0.000000203. The molecule has 2 aliphatic heterocycles. The fourth-order valence-electron chi connectivity index (χ4n) is 6.86. The summed E-state index contributed by atoms with van der Waals surface area (Å²) in [6.45, 7) is 11.4. The number of amides is 3. The molecule has 0 atom stereocenters. The number of hydrogen-bond acceptors (Lipinski definition) is 19. The highest BCUT2D eigenvalue weighted by atomic mass is 32.1. The Morgan fingerprint density at radius 2 is 1.04 bits per heavy atom. The van der Waals surface area contributed by atoms with Crippen LogP contribution in [0.25, 0.3) is 0 Å². The third-order valence-electron chi connectivity index (χ3n) is 10.1. The minimum atomic E-state index is -0.538. The van der Waals surface area contributed by atoms with Gasteiger partial charge in [0, 0.05) is 63.1 Å². The van der Waals surface area contributed by atoms with Gasteiger partial charge in [-0.25, -0.2) is 24.4 Å². The molecule has 4 aromatic heterocycles. The molecule has 5 N–H and O–H groups in total. The number of carbonyl (C=O) groups excluding carboxylic acids is 5. The molecule has 0 spiro atoms. The lowest BCUT2D eigenvalue weighted by molar-refractivity contribution is 0.0240. The average Bonchev–Trinajstić information content (AvgIpc) is 4.19. The number of ether oxygens (including phenoxy) is 3. The van der Waals surface area contributed by atoms with Gasteiger partial charge in [-0.2, -0.15) is 0 Å². The zero-order valence-electron chi connectivity index (χ0n) is 37.4. The van der Waals surface area contributed by atoms with Crippen molar-refractivity contribution in [2.75, 3.05) is 97.6 Å². The topological polar surface area (TPSA) is 209 Å². The van der Waals surface area contributed by atoms with E-state index in [1.54, 1.807) is 38.6 Å². The molecular weight excluding hydrogens is 937 g/mol.